The summed E-state index contributed by atoms with van der Waals surface area (Å²) in [4.78, 5) is 24.8. The Balaban J connectivity index is 1.88. The summed E-state index contributed by atoms with van der Waals surface area (Å²) in [5, 5.41) is 9.08. The van der Waals surface area contributed by atoms with Crippen LogP contribution in [0.5, 0.6) is 0 Å². The average molecular weight is 287 g/mol. The lowest BCUT2D eigenvalue weighted by atomic mass is 9.99. The van der Waals surface area contributed by atoms with Gasteiger partial charge in [0.15, 0.2) is 0 Å². The third-order valence-electron chi connectivity index (χ3n) is 3.96. The van der Waals surface area contributed by atoms with E-state index >= 15 is 0 Å². The van der Waals surface area contributed by atoms with Gasteiger partial charge in [0.25, 0.3) is 0 Å². The molecule has 1 fully saturated rings. The molecule has 0 bridgehead atoms. The Kier molecular flexibility index (Phi) is 4.78. The number of aryl methyl sites for hydroxylation is 1. The summed E-state index contributed by atoms with van der Waals surface area (Å²) in [7, 11) is 0. The Bertz CT molecular complexity index is 548. The van der Waals surface area contributed by atoms with Crippen LogP contribution in [-0.4, -0.2) is 35.0 Å². The van der Waals surface area contributed by atoms with E-state index in [1.165, 1.54) is 5.56 Å². The Morgan fingerprint density at radius 3 is 2.52 bits per heavy atom. The average Bonchev–Trinajstić information content (AvgIpc) is 2.83. The van der Waals surface area contributed by atoms with Crippen LogP contribution in [0.25, 0.3) is 6.08 Å². The number of aliphatic carboxylic acids is 1. The number of likely N-dealkylation sites (tertiary alicyclic amines) is 1. The Morgan fingerprint density at radius 2 is 1.95 bits per heavy atom. The van der Waals surface area contributed by atoms with Crippen LogP contribution in [0, 0.1) is 18.8 Å². The zero-order valence-electron chi connectivity index (χ0n) is 12.5. The van der Waals surface area contributed by atoms with E-state index in [-0.39, 0.29) is 11.8 Å². The van der Waals surface area contributed by atoms with Crippen molar-refractivity contribution in [3.05, 3.63) is 41.5 Å². The Hall–Kier alpha value is -2.10. The van der Waals surface area contributed by atoms with Crippen LogP contribution in [0.1, 0.15) is 24.5 Å². The highest BCUT2D eigenvalue weighted by Crippen LogP contribution is 2.23. The SMILES string of the molecule is Cc1ccc(/C=C/CC(=O)N2C[C@@H](C)[C@H](C(=O)O)C2)cc1. The van der Waals surface area contributed by atoms with Gasteiger partial charge in [-0.25, -0.2) is 0 Å². The number of carboxylic acid groups (broad SMARTS) is 1. The number of hydrogen-bond acceptors (Lipinski definition) is 2. The molecule has 0 radical (unpaired) electrons. The van der Waals surface area contributed by atoms with E-state index in [0.717, 1.165) is 5.56 Å². The molecular weight excluding hydrogens is 266 g/mol. The molecule has 0 spiro atoms. The molecule has 1 amide bonds. The van der Waals surface area contributed by atoms with E-state index in [9.17, 15) is 9.59 Å². The van der Waals surface area contributed by atoms with Crippen LogP contribution in [0.3, 0.4) is 0 Å². The van der Waals surface area contributed by atoms with Crippen molar-refractivity contribution >= 4 is 18.0 Å². The molecule has 112 valence electrons. The molecule has 2 rings (SSSR count). The summed E-state index contributed by atoms with van der Waals surface area (Å²) in [6.45, 7) is 4.78. The second-order valence-corrected chi connectivity index (χ2v) is 5.74. The number of nitrogens with zero attached hydrogens (tertiary/aromatic N) is 1. The molecular formula is C17H21NO3. The van der Waals surface area contributed by atoms with Crippen LogP contribution in [0.4, 0.5) is 0 Å². The standard InChI is InChI=1S/C17H21NO3/c1-12-6-8-14(9-7-12)4-3-5-16(19)18-10-13(2)15(11-18)17(20)21/h3-4,6-9,13,15H,5,10-11H2,1-2H3,(H,20,21)/b4-3+/t13-,15-/m1/s1. The van der Waals surface area contributed by atoms with E-state index < -0.39 is 11.9 Å². The first-order valence-electron chi connectivity index (χ1n) is 7.21. The van der Waals surface area contributed by atoms with Crippen molar-refractivity contribution in [1.29, 1.82) is 0 Å². The van der Waals surface area contributed by atoms with Crippen molar-refractivity contribution in [3.8, 4) is 0 Å². The van der Waals surface area contributed by atoms with Crippen LogP contribution >= 0.6 is 0 Å². The maximum absolute atomic E-state index is 12.1. The third kappa shape index (κ3) is 3.94. The zero-order valence-corrected chi connectivity index (χ0v) is 12.5. The minimum Gasteiger partial charge on any atom is -0.481 e. The van der Waals surface area contributed by atoms with Gasteiger partial charge >= 0.3 is 5.97 Å². The first-order valence-corrected chi connectivity index (χ1v) is 7.21. The van der Waals surface area contributed by atoms with Gasteiger partial charge in [0, 0.05) is 19.5 Å². The minimum absolute atomic E-state index is 0.00559. The van der Waals surface area contributed by atoms with Crippen LogP contribution in [-0.2, 0) is 9.59 Å². The van der Waals surface area contributed by atoms with Gasteiger partial charge in [-0.2, -0.15) is 0 Å². The first kappa shape index (κ1) is 15.3. The summed E-state index contributed by atoms with van der Waals surface area (Å²) in [6.07, 6.45) is 4.07. The number of benzene rings is 1. The maximum atomic E-state index is 12.1. The maximum Gasteiger partial charge on any atom is 0.308 e. The number of carbonyl (C=O) groups is 2. The van der Waals surface area contributed by atoms with Crippen molar-refractivity contribution in [2.45, 2.75) is 20.3 Å². The number of amides is 1. The summed E-state index contributed by atoms with van der Waals surface area (Å²) in [6, 6.07) is 8.07. The van der Waals surface area contributed by atoms with Crippen LogP contribution in [0.15, 0.2) is 30.3 Å². The van der Waals surface area contributed by atoms with Gasteiger partial charge in [0.05, 0.1) is 5.92 Å². The van der Waals surface area contributed by atoms with E-state index in [4.69, 9.17) is 5.11 Å². The fourth-order valence-electron chi connectivity index (χ4n) is 2.59. The van der Waals surface area contributed by atoms with Gasteiger partial charge in [0.1, 0.15) is 0 Å². The molecule has 1 heterocycles. The highest BCUT2D eigenvalue weighted by atomic mass is 16.4. The molecule has 0 unspecified atom stereocenters. The summed E-state index contributed by atoms with van der Waals surface area (Å²) in [5.41, 5.74) is 2.26. The van der Waals surface area contributed by atoms with Gasteiger partial charge in [-0.15, -0.1) is 0 Å². The largest absolute Gasteiger partial charge is 0.481 e. The third-order valence-corrected chi connectivity index (χ3v) is 3.96. The monoisotopic (exact) mass is 287 g/mol. The molecule has 4 nitrogen and oxygen atoms in total. The topological polar surface area (TPSA) is 57.6 Å². The minimum atomic E-state index is -0.812. The summed E-state index contributed by atoms with van der Waals surface area (Å²) >= 11 is 0. The normalized spacial score (nSPS) is 21.9. The quantitative estimate of drug-likeness (QED) is 0.926. The Labute approximate surface area is 125 Å². The van der Waals surface area contributed by atoms with Crippen molar-refractivity contribution in [2.24, 2.45) is 11.8 Å². The van der Waals surface area contributed by atoms with Crippen LogP contribution < -0.4 is 0 Å². The van der Waals surface area contributed by atoms with Crippen molar-refractivity contribution in [3.63, 3.8) is 0 Å². The zero-order chi connectivity index (χ0) is 15.4. The Morgan fingerprint density at radius 1 is 1.29 bits per heavy atom. The number of rotatable bonds is 4. The molecule has 1 saturated heterocycles. The van der Waals surface area contributed by atoms with Crippen molar-refractivity contribution in [2.75, 3.05) is 13.1 Å². The molecule has 1 aromatic rings. The smallest absolute Gasteiger partial charge is 0.308 e. The van der Waals surface area contributed by atoms with Crippen LogP contribution in [0.2, 0.25) is 0 Å². The second-order valence-electron chi connectivity index (χ2n) is 5.74. The molecule has 0 aromatic heterocycles. The van der Waals surface area contributed by atoms with E-state index in [2.05, 4.69) is 0 Å². The van der Waals surface area contributed by atoms with Crippen molar-refractivity contribution in [1.82, 2.24) is 4.90 Å². The van der Waals surface area contributed by atoms with E-state index in [1.807, 2.05) is 50.3 Å². The molecule has 0 saturated carbocycles. The fourth-order valence-corrected chi connectivity index (χ4v) is 2.59. The lowest BCUT2D eigenvalue weighted by Crippen LogP contribution is -2.29. The highest BCUT2D eigenvalue weighted by Gasteiger charge is 2.36. The summed E-state index contributed by atoms with van der Waals surface area (Å²) in [5.74, 6) is -1.23. The van der Waals surface area contributed by atoms with E-state index in [1.54, 1.807) is 4.90 Å². The molecule has 2 atom stereocenters. The lowest BCUT2D eigenvalue weighted by Gasteiger charge is -2.14. The van der Waals surface area contributed by atoms with Gasteiger partial charge < -0.3 is 10.0 Å². The predicted molar refractivity (Wildman–Crippen MR) is 81.7 cm³/mol. The molecule has 1 aliphatic rings. The van der Waals surface area contributed by atoms with Gasteiger partial charge in [-0.1, -0.05) is 48.9 Å². The number of carboxylic acids is 1. The molecule has 1 aliphatic heterocycles. The molecule has 0 aliphatic carbocycles. The second kappa shape index (κ2) is 6.57. The summed E-state index contributed by atoms with van der Waals surface area (Å²) < 4.78 is 0. The first-order chi connectivity index (χ1) is 9.97. The van der Waals surface area contributed by atoms with Gasteiger partial charge in [-0.3, -0.25) is 9.59 Å². The lowest BCUT2D eigenvalue weighted by molar-refractivity contribution is -0.142. The predicted octanol–water partition coefficient (Wildman–Crippen LogP) is 2.58. The molecule has 21 heavy (non-hydrogen) atoms. The van der Waals surface area contributed by atoms with Gasteiger partial charge in [-0.05, 0) is 18.4 Å². The molecule has 1 aromatic carbocycles. The fraction of sp³-hybridized carbons (Fsp3) is 0.412. The highest BCUT2D eigenvalue weighted by molar-refractivity contribution is 5.80. The van der Waals surface area contributed by atoms with Gasteiger partial charge in [0.2, 0.25) is 5.91 Å². The van der Waals surface area contributed by atoms with Crippen molar-refractivity contribution < 1.29 is 14.7 Å². The van der Waals surface area contributed by atoms with E-state index in [0.29, 0.717) is 19.5 Å². The number of hydrogen-bond donors (Lipinski definition) is 1. The molecule has 1 N–H and O–H groups in total. The molecule has 4 heteroatoms. The number of carbonyl (C=O) groups excluding carboxylic acids is 1.